The van der Waals surface area contributed by atoms with Gasteiger partial charge in [-0.3, -0.25) is 9.78 Å². The Kier molecular flexibility index (Phi) is 3.27. The van der Waals surface area contributed by atoms with Gasteiger partial charge in [-0.1, -0.05) is 11.6 Å². The summed E-state index contributed by atoms with van der Waals surface area (Å²) < 4.78 is 1.53. The second kappa shape index (κ2) is 5.31. The number of aromatic nitrogens is 4. The van der Waals surface area contributed by atoms with Crippen LogP contribution in [0.25, 0.3) is 5.65 Å². The first kappa shape index (κ1) is 14.1. The first-order valence-electron chi connectivity index (χ1n) is 7.38. The standard InChI is InChI=1S/C16H14ClN5O/c1-10-13-8-18-4-2-11(13)3-5-21(10)16(23)14-6-15-19-7-12(17)9-22(15)20-14/h2,4,6-10H,3,5H2,1H3. The first-order valence-corrected chi connectivity index (χ1v) is 7.76. The number of amides is 1. The van der Waals surface area contributed by atoms with Gasteiger partial charge in [0.1, 0.15) is 0 Å². The molecule has 116 valence electrons. The molecule has 1 aliphatic rings. The third kappa shape index (κ3) is 2.35. The van der Waals surface area contributed by atoms with Crippen LogP contribution in [0.1, 0.15) is 34.6 Å². The summed E-state index contributed by atoms with van der Waals surface area (Å²) in [5, 5.41) is 4.78. The Labute approximate surface area is 137 Å². The summed E-state index contributed by atoms with van der Waals surface area (Å²) in [5.74, 6) is -0.103. The molecule has 1 unspecified atom stereocenters. The van der Waals surface area contributed by atoms with Crippen molar-refractivity contribution in [1.82, 2.24) is 24.5 Å². The number of pyridine rings is 1. The zero-order valence-corrected chi connectivity index (χ0v) is 13.2. The van der Waals surface area contributed by atoms with E-state index >= 15 is 0 Å². The van der Waals surface area contributed by atoms with Crippen molar-refractivity contribution in [2.24, 2.45) is 0 Å². The maximum atomic E-state index is 12.8. The average Bonchev–Trinajstić information content (AvgIpc) is 2.98. The number of carbonyl (C=O) groups is 1. The minimum Gasteiger partial charge on any atom is -0.330 e. The number of halogens is 1. The number of carbonyl (C=O) groups excluding carboxylic acids is 1. The third-order valence-electron chi connectivity index (χ3n) is 4.25. The molecule has 23 heavy (non-hydrogen) atoms. The van der Waals surface area contributed by atoms with Gasteiger partial charge in [-0.25, -0.2) is 9.50 Å². The Morgan fingerprint density at radius 1 is 1.39 bits per heavy atom. The lowest BCUT2D eigenvalue weighted by Gasteiger charge is -2.34. The van der Waals surface area contributed by atoms with Gasteiger partial charge in [-0.05, 0) is 30.5 Å². The van der Waals surface area contributed by atoms with E-state index in [-0.39, 0.29) is 11.9 Å². The van der Waals surface area contributed by atoms with Gasteiger partial charge in [-0.15, -0.1) is 0 Å². The molecule has 1 amide bonds. The lowest BCUT2D eigenvalue weighted by atomic mass is 9.95. The molecule has 0 aromatic carbocycles. The summed E-state index contributed by atoms with van der Waals surface area (Å²) in [6, 6.07) is 3.68. The molecule has 7 heteroatoms. The average molecular weight is 328 g/mol. The van der Waals surface area contributed by atoms with E-state index in [1.54, 1.807) is 18.5 Å². The summed E-state index contributed by atoms with van der Waals surface area (Å²) in [6.07, 6.45) is 7.63. The SMILES string of the molecule is CC1c2cnccc2CCN1C(=O)c1cc2ncc(Cl)cn2n1. The van der Waals surface area contributed by atoms with Gasteiger partial charge in [0.15, 0.2) is 11.3 Å². The zero-order valence-electron chi connectivity index (χ0n) is 12.5. The van der Waals surface area contributed by atoms with Crippen LogP contribution in [0.3, 0.4) is 0 Å². The van der Waals surface area contributed by atoms with Crippen LogP contribution in [-0.4, -0.2) is 36.9 Å². The highest BCUT2D eigenvalue weighted by Gasteiger charge is 2.29. The Morgan fingerprint density at radius 3 is 3.13 bits per heavy atom. The molecule has 6 nitrogen and oxygen atoms in total. The minimum atomic E-state index is -0.103. The molecule has 0 N–H and O–H groups in total. The van der Waals surface area contributed by atoms with Crippen molar-refractivity contribution in [3.05, 3.63) is 58.8 Å². The third-order valence-corrected chi connectivity index (χ3v) is 4.44. The molecule has 0 bridgehead atoms. The highest BCUT2D eigenvalue weighted by molar-refractivity contribution is 6.30. The monoisotopic (exact) mass is 327 g/mol. The van der Waals surface area contributed by atoms with E-state index in [0.717, 1.165) is 12.0 Å². The van der Waals surface area contributed by atoms with E-state index in [1.807, 2.05) is 24.1 Å². The molecule has 1 atom stereocenters. The maximum Gasteiger partial charge on any atom is 0.274 e. The lowest BCUT2D eigenvalue weighted by Crippen LogP contribution is -2.39. The number of hydrogen-bond donors (Lipinski definition) is 0. The number of hydrogen-bond acceptors (Lipinski definition) is 4. The molecular formula is C16H14ClN5O. The highest BCUT2D eigenvalue weighted by atomic mass is 35.5. The summed E-state index contributed by atoms with van der Waals surface area (Å²) in [5.41, 5.74) is 3.32. The summed E-state index contributed by atoms with van der Waals surface area (Å²) in [6.45, 7) is 2.68. The van der Waals surface area contributed by atoms with Crippen LogP contribution in [0.2, 0.25) is 5.02 Å². The Hall–Kier alpha value is -2.47. The van der Waals surface area contributed by atoms with E-state index in [4.69, 9.17) is 11.6 Å². The largest absolute Gasteiger partial charge is 0.330 e. The van der Waals surface area contributed by atoms with Gasteiger partial charge >= 0.3 is 0 Å². The second-order valence-corrected chi connectivity index (χ2v) is 6.04. The van der Waals surface area contributed by atoms with E-state index in [2.05, 4.69) is 15.1 Å². The summed E-state index contributed by atoms with van der Waals surface area (Å²) in [7, 11) is 0. The quantitative estimate of drug-likeness (QED) is 0.689. The summed E-state index contributed by atoms with van der Waals surface area (Å²) in [4.78, 5) is 23.0. The molecule has 4 heterocycles. The van der Waals surface area contributed by atoms with Crippen molar-refractivity contribution in [3.63, 3.8) is 0 Å². The fraction of sp³-hybridized carbons (Fsp3) is 0.250. The molecule has 0 spiro atoms. The minimum absolute atomic E-state index is 0.0266. The number of fused-ring (bicyclic) bond motifs is 2. The zero-order chi connectivity index (χ0) is 16.0. The molecule has 0 aliphatic carbocycles. The van der Waals surface area contributed by atoms with E-state index in [9.17, 15) is 4.79 Å². The van der Waals surface area contributed by atoms with Crippen molar-refractivity contribution in [2.75, 3.05) is 6.54 Å². The maximum absolute atomic E-state index is 12.8. The predicted molar refractivity (Wildman–Crippen MR) is 85.4 cm³/mol. The van der Waals surface area contributed by atoms with Gasteiger partial charge in [0.05, 0.1) is 17.3 Å². The number of nitrogens with zero attached hydrogens (tertiary/aromatic N) is 5. The van der Waals surface area contributed by atoms with Crippen LogP contribution in [0.15, 0.2) is 36.9 Å². The first-order chi connectivity index (χ1) is 11.1. The van der Waals surface area contributed by atoms with E-state index < -0.39 is 0 Å². The van der Waals surface area contributed by atoms with Gasteiger partial charge in [0.2, 0.25) is 0 Å². The molecular weight excluding hydrogens is 314 g/mol. The van der Waals surface area contributed by atoms with Crippen molar-refractivity contribution in [1.29, 1.82) is 0 Å². The van der Waals surface area contributed by atoms with Crippen molar-refractivity contribution in [3.8, 4) is 0 Å². The lowest BCUT2D eigenvalue weighted by molar-refractivity contribution is 0.0671. The van der Waals surface area contributed by atoms with E-state index in [1.165, 1.54) is 16.3 Å². The van der Waals surface area contributed by atoms with Gasteiger partial charge in [-0.2, -0.15) is 5.10 Å². The molecule has 4 rings (SSSR count). The van der Waals surface area contributed by atoms with Crippen molar-refractivity contribution >= 4 is 23.2 Å². The second-order valence-electron chi connectivity index (χ2n) is 5.60. The van der Waals surface area contributed by atoms with Gasteiger partial charge in [0, 0.05) is 31.2 Å². The van der Waals surface area contributed by atoms with Crippen LogP contribution in [0.4, 0.5) is 0 Å². The highest BCUT2D eigenvalue weighted by Crippen LogP contribution is 2.29. The fourth-order valence-corrected chi connectivity index (χ4v) is 3.17. The van der Waals surface area contributed by atoms with Crippen LogP contribution in [0, 0.1) is 0 Å². The normalized spacial score (nSPS) is 17.3. The summed E-state index contributed by atoms with van der Waals surface area (Å²) >= 11 is 5.91. The molecule has 1 aliphatic heterocycles. The van der Waals surface area contributed by atoms with Crippen molar-refractivity contribution < 1.29 is 4.79 Å². The topological polar surface area (TPSA) is 63.4 Å². The number of rotatable bonds is 1. The molecule has 3 aromatic heterocycles. The van der Waals surface area contributed by atoms with Crippen LogP contribution in [-0.2, 0) is 6.42 Å². The Morgan fingerprint density at radius 2 is 2.26 bits per heavy atom. The Balaban J connectivity index is 1.68. The van der Waals surface area contributed by atoms with Crippen LogP contribution < -0.4 is 0 Å². The molecule has 0 saturated carbocycles. The van der Waals surface area contributed by atoms with Crippen LogP contribution in [0.5, 0.6) is 0 Å². The molecule has 3 aromatic rings. The molecule has 0 radical (unpaired) electrons. The molecule has 0 fully saturated rings. The van der Waals surface area contributed by atoms with Gasteiger partial charge in [0.25, 0.3) is 5.91 Å². The van der Waals surface area contributed by atoms with Crippen LogP contribution >= 0.6 is 11.6 Å². The fourth-order valence-electron chi connectivity index (χ4n) is 3.02. The molecule has 0 saturated heterocycles. The predicted octanol–water partition coefficient (Wildman–Crippen LogP) is 2.54. The Bertz CT molecular complexity index is 906. The van der Waals surface area contributed by atoms with Gasteiger partial charge < -0.3 is 4.90 Å². The smallest absolute Gasteiger partial charge is 0.274 e. The van der Waals surface area contributed by atoms with E-state index in [0.29, 0.717) is 22.9 Å². The van der Waals surface area contributed by atoms with Crippen molar-refractivity contribution in [2.45, 2.75) is 19.4 Å².